The first kappa shape index (κ1) is 23.5. The van der Waals surface area contributed by atoms with Crippen molar-refractivity contribution >= 4 is 40.1 Å². The van der Waals surface area contributed by atoms with E-state index in [1.807, 2.05) is 25.1 Å². The van der Waals surface area contributed by atoms with Gasteiger partial charge in [-0.15, -0.1) is 12.6 Å². The van der Waals surface area contributed by atoms with Crippen LogP contribution in [0.2, 0.25) is 0 Å². The minimum Gasteiger partial charge on any atom is -0.496 e. The molecule has 30 heavy (non-hydrogen) atoms. The van der Waals surface area contributed by atoms with Crippen LogP contribution in [0.3, 0.4) is 0 Å². The highest BCUT2D eigenvalue weighted by Crippen LogP contribution is 2.33. The summed E-state index contributed by atoms with van der Waals surface area (Å²) in [6, 6.07) is 13.2. The number of hydrogen-bond donors (Lipinski definition) is 1. The maximum Gasteiger partial charge on any atom is 0.220 e. The minimum atomic E-state index is -0.362. The summed E-state index contributed by atoms with van der Waals surface area (Å²) >= 11 is 9.99. The molecule has 0 aliphatic rings. The number of hydrogen-bond acceptors (Lipinski definition) is 5. The molecule has 7 heteroatoms. The molecule has 156 valence electrons. The number of unbranched alkanes of at least 4 members (excludes halogenated alkanes) is 1. The molecule has 0 amide bonds. The molecule has 0 fully saturated rings. The predicted octanol–water partition coefficient (Wildman–Crippen LogP) is 5.75. The summed E-state index contributed by atoms with van der Waals surface area (Å²) in [7, 11) is 2.99. The number of carbonyl (C=O) groups is 1. The third kappa shape index (κ3) is 6.12. The van der Waals surface area contributed by atoms with Crippen LogP contribution < -0.4 is 4.74 Å². The van der Waals surface area contributed by atoms with E-state index in [0.717, 1.165) is 35.1 Å². The Morgan fingerprint density at radius 2 is 1.93 bits per heavy atom. The summed E-state index contributed by atoms with van der Waals surface area (Å²) < 4.78 is 5.39. The Bertz CT molecular complexity index is 1010. The average molecular weight is 443 g/mol. The lowest BCUT2D eigenvalue weighted by atomic mass is 9.92. The van der Waals surface area contributed by atoms with Gasteiger partial charge in [-0.3, -0.25) is 4.79 Å². The number of methoxy groups -OCH3 is 1. The molecule has 0 unspecified atom stereocenters. The lowest BCUT2D eigenvalue weighted by Gasteiger charge is -2.15. The number of benzene rings is 2. The molecule has 2 aromatic rings. The van der Waals surface area contributed by atoms with Gasteiger partial charge in [0.2, 0.25) is 5.12 Å². The lowest BCUT2D eigenvalue weighted by Crippen LogP contribution is -2.01. The van der Waals surface area contributed by atoms with Crippen LogP contribution in [0.25, 0.3) is 5.57 Å². The first-order chi connectivity index (χ1) is 14.4. The second-order valence-corrected chi connectivity index (χ2v) is 7.37. The van der Waals surface area contributed by atoms with E-state index in [0.29, 0.717) is 28.5 Å². The van der Waals surface area contributed by atoms with Gasteiger partial charge in [-0.25, -0.2) is 0 Å². The maximum atomic E-state index is 12.1. The third-order valence-electron chi connectivity index (χ3n) is 4.47. The quantitative estimate of drug-likeness (QED) is 0.232. The Morgan fingerprint density at radius 3 is 2.50 bits per heavy atom. The molecular formula is C23H23ClN2O3S. The van der Waals surface area contributed by atoms with Gasteiger partial charge >= 0.3 is 0 Å². The summed E-state index contributed by atoms with van der Waals surface area (Å²) in [4.78, 5) is 16.7. The molecule has 0 heterocycles. The highest BCUT2D eigenvalue weighted by Gasteiger charge is 2.16. The van der Waals surface area contributed by atoms with E-state index >= 15 is 0 Å². The molecule has 5 nitrogen and oxygen atoms in total. The first-order valence-corrected chi connectivity index (χ1v) is 10.1. The van der Waals surface area contributed by atoms with Crippen LogP contribution >= 0.6 is 24.2 Å². The van der Waals surface area contributed by atoms with Gasteiger partial charge in [0.15, 0.2) is 0 Å². The molecule has 2 aromatic carbocycles. The number of halogens is 1. The van der Waals surface area contributed by atoms with Gasteiger partial charge in [0.05, 0.1) is 24.3 Å². The van der Waals surface area contributed by atoms with Crippen molar-refractivity contribution in [3.63, 3.8) is 0 Å². The molecule has 0 aromatic heterocycles. The van der Waals surface area contributed by atoms with E-state index in [-0.39, 0.29) is 5.12 Å². The third-order valence-corrected chi connectivity index (χ3v) is 4.97. The lowest BCUT2D eigenvalue weighted by molar-refractivity contribution is 0.108. The standard InChI is InChI=1S/C23H23ClN2O3S/c1-15-12-18(13-20(23(27)30)22(15)28-2)19(6-4-5-7-21(24)26-29-3)17-10-8-16(14-25)9-11-17/h6,8-13H,4-5,7H2,1-3H3,(H,27,30)/b19-6-,26-21-. The van der Waals surface area contributed by atoms with E-state index < -0.39 is 0 Å². The molecule has 0 atom stereocenters. The average Bonchev–Trinajstić information content (AvgIpc) is 2.73. The molecular weight excluding hydrogens is 420 g/mol. The Hall–Kier alpha value is -2.75. The molecule has 0 aliphatic carbocycles. The molecule has 0 saturated heterocycles. The maximum absolute atomic E-state index is 12.1. The molecule has 0 spiro atoms. The first-order valence-electron chi connectivity index (χ1n) is 9.29. The fourth-order valence-electron chi connectivity index (χ4n) is 3.12. The number of nitriles is 1. The Morgan fingerprint density at radius 1 is 1.23 bits per heavy atom. The summed E-state index contributed by atoms with van der Waals surface area (Å²) in [5, 5.41) is 12.8. The van der Waals surface area contributed by atoms with Crippen LogP contribution in [0, 0.1) is 18.3 Å². The largest absolute Gasteiger partial charge is 0.496 e. The van der Waals surface area contributed by atoms with E-state index in [4.69, 9.17) is 21.6 Å². The summed E-state index contributed by atoms with van der Waals surface area (Å²) in [5.41, 5.74) is 4.58. The predicted molar refractivity (Wildman–Crippen MR) is 123 cm³/mol. The summed E-state index contributed by atoms with van der Waals surface area (Å²) in [6.45, 7) is 1.89. The topological polar surface area (TPSA) is 71.7 Å². The van der Waals surface area contributed by atoms with Crippen molar-refractivity contribution in [1.82, 2.24) is 0 Å². The normalized spacial score (nSPS) is 11.7. The van der Waals surface area contributed by atoms with Crippen molar-refractivity contribution in [2.75, 3.05) is 14.2 Å². The van der Waals surface area contributed by atoms with E-state index in [1.54, 1.807) is 18.2 Å². The van der Waals surface area contributed by atoms with Crippen LogP contribution in [0.4, 0.5) is 0 Å². The molecule has 0 aliphatic heterocycles. The highest BCUT2D eigenvalue weighted by molar-refractivity contribution is 7.97. The molecule has 0 bridgehead atoms. The highest BCUT2D eigenvalue weighted by atomic mass is 35.5. The van der Waals surface area contributed by atoms with Crippen molar-refractivity contribution in [2.24, 2.45) is 5.16 Å². The van der Waals surface area contributed by atoms with Gasteiger partial charge in [0, 0.05) is 6.42 Å². The molecule has 0 N–H and O–H groups in total. The van der Waals surface area contributed by atoms with Crippen LogP contribution in [0.5, 0.6) is 5.75 Å². The monoisotopic (exact) mass is 442 g/mol. The number of nitrogens with zero attached hydrogens (tertiary/aromatic N) is 2. The number of allylic oxidation sites excluding steroid dienone is 1. The van der Waals surface area contributed by atoms with Gasteiger partial charge in [0.25, 0.3) is 0 Å². The molecule has 0 saturated carbocycles. The van der Waals surface area contributed by atoms with E-state index in [9.17, 15) is 4.79 Å². The molecule has 2 rings (SSSR count). The number of aryl methyl sites for hydroxylation is 1. The van der Waals surface area contributed by atoms with E-state index in [1.165, 1.54) is 14.2 Å². The fraction of sp³-hybridized carbons (Fsp3) is 0.261. The van der Waals surface area contributed by atoms with Gasteiger partial charge in [0.1, 0.15) is 18.0 Å². The van der Waals surface area contributed by atoms with Crippen LogP contribution in [-0.4, -0.2) is 24.5 Å². The Kier molecular flexibility index (Phi) is 8.97. The fourth-order valence-corrected chi connectivity index (χ4v) is 3.49. The zero-order chi connectivity index (χ0) is 22.1. The van der Waals surface area contributed by atoms with Crippen LogP contribution in [0.15, 0.2) is 47.6 Å². The number of carbonyl (C=O) groups excluding carboxylic acids is 1. The second kappa shape index (κ2) is 11.4. The van der Waals surface area contributed by atoms with Crippen molar-refractivity contribution in [2.45, 2.75) is 26.2 Å². The molecule has 0 radical (unpaired) electrons. The number of thiol groups is 1. The van der Waals surface area contributed by atoms with Gasteiger partial charge < -0.3 is 9.57 Å². The Labute approximate surface area is 187 Å². The van der Waals surface area contributed by atoms with Gasteiger partial charge in [-0.2, -0.15) is 5.26 Å². The number of ether oxygens (including phenoxy) is 1. The smallest absolute Gasteiger partial charge is 0.220 e. The van der Waals surface area contributed by atoms with E-state index in [2.05, 4.69) is 34.8 Å². The van der Waals surface area contributed by atoms with Crippen molar-refractivity contribution in [3.05, 3.63) is 70.3 Å². The zero-order valence-electron chi connectivity index (χ0n) is 17.1. The number of rotatable bonds is 9. The van der Waals surface area contributed by atoms with Crippen LogP contribution in [0.1, 0.15) is 51.9 Å². The van der Waals surface area contributed by atoms with Crippen molar-refractivity contribution < 1.29 is 14.4 Å². The Balaban J connectivity index is 2.47. The minimum absolute atomic E-state index is 0.362. The van der Waals surface area contributed by atoms with Crippen LogP contribution in [-0.2, 0) is 4.84 Å². The zero-order valence-corrected chi connectivity index (χ0v) is 18.8. The van der Waals surface area contributed by atoms with Gasteiger partial charge in [-0.05, 0) is 66.3 Å². The summed E-state index contributed by atoms with van der Waals surface area (Å²) in [6.07, 6.45) is 4.19. The van der Waals surface area contributed by atoms with Crippen molar-refractivity contribution in [1.29, 1.82) is 5.26 Å². The second-order valence-electron chi connectivity index (χ2n) is 6.53. The van der Waals surface area contributed by atoms with Gasteiger partial charge in [-0.1, -0.05) is 35.0 Å². The SMILES string of the molecule is CO/N=C(\Cl)CCC/C=C(/c1ccc(C#N)cc1)c1cc(C)c(OC)c(C(=O)S)c1. The number of oxime groups is 1. The van der Waals surface area contributed by atoms with Crippen molar-refractivity contribution in [3.8, 4) is 11.8 Å². The summed E-state index contributed by atoms with van der Waals surface area (Å²) in [5.74, 6) is 0.514.